The molecular weight excluding hydrogens is 254 g/mol. The average molecular weight is 279 g/mol. The van der Waals surface area contributed by atoms with Crippen LogP contribution in [0.1, 0.15) is 27.7 Å². The lowest BCUT2D eigenvalue weighted by atomic mass is 10.2. The van der Waals surface area contributed by atoms with Gasteiger partial charge in [-0.1, -0.05) is 0 Å². The molecule has 0 amide bonds. The predicted molar refractivity (Wildman–Crippen MR) is 71.4 cm³/mol. The average Bonchev–Trinajstić information content (AvgIpc) is 2.24. The Morgan fingerprint density at radius 2 is 1.94 bits per heavy atom. The van der Waals surface area contributed by atoms with Crippen LogP contribution in [0.25, 0.3) is 0 Å². The molecule has 0 aromatic rings. The molecule has 0 spiro atoms. The first-order chi connectivity index (χ1) is 8.15. The fraction of sp³-hybridized carbons (Fsp3) is 1.00. The summed E-state index contributed by atoms with van der Waals surface area (Å²) in [4.78, 5) is 2.05. The number of rotatable bonds is 4. The smallest absolute Gasteiger partial charge is 0.156 e. The largest absolute Gasteiger partial charge is 0.394 e. The molecule has 1 heterocycles. The molecule has 0 bridgehead atoms. The SMILES string of the molecule is CC1CN(CCS(=O)(=O)C(C)(C)C)CC(CO)O1. The summed E-state index contributed by atoms with van der Waals surface area (Å²) in [5.74, 6) is 0.154. The molecule has 108 valence electrons. The lowest BCUT2D eigenvalue weighted by Gasteiger charge is -2.36. The van der Waals surface area contributed by atoms with Gasteiger partial charge in [-0.25, -0.2) is 8.42 Å². The highest BCUT2D eigenvalue weighted by atomic mass is 32.2. The fourth-order valence-corrected chi connectivity index (χ4v) is 3.09. The number of hydrogen-bond acceptors (Lipinski definition) is 5. The van der Waals surface area contributed by atoms with Crippen molar-refractivity contribution < 1.29 is 18.3 Å². The normalized spacial score (nSPS) is 27.4. The minimum Gasteiger partial charge on any atom is -0.394 e. The van der Waals surface area contributed by atoms with E-state index in [9.17, 15) is 8.42 Å². The lowest BCUT2D eigenvalue weighted by Crippen LogP contribution is -2.49. The predicted octanol–water partition coefficient (Wildman–Crippen LogP) is 0.281. The van der Waals surface area contributed by atoms with Crippen molar-refractivity contribution in [3.63, 3.8) is 0 Å². The Bertz CT molecular complexity index is 361. The summed E-state index contributed by atoms with van der Waals surface area (Å²) in [5.41, 5.74) is 0. The number of ether oxygens (including phenoxy) is 1. The third kappa shape index (κ3) is 4.19. The highest BCUT2D eigenvalue weighted by molar-refractivity contribution is 7.92. The van der Waals surface area contributed by atoms with E-state index in [2.05, 4.69) is 4.90 Å². The van der Waals surface area contributed by atoms with E-state index in [1.165, 1.54) is 0 Å². The van der Waals surface area contributed by atoms with Crippen LogP contribution in [0.4, 0.5) is 0 Å². The molecule has 1 rings (SSSR count). The van der Waals surface area contributed by atoms with Crippen molar-refractivity contribution in [1.82, 2.24) is 4.90 Å². The lowest BCUT2D eigenvalue weighted by molar-refractivity contribution is -0.0936. The van der Waals surface area contributed by atoms with E-state index in [-0.39, 0.29) is 24.6 Å². The van der Waals surface area contributed by atoms with Gasteiger partial charge in [-0.3, -0.25) is 4.90 Å². The molecule has 0 aromatic carbocycles. The van der Waals surface area contributed by atoms with Crippen molar-refractivity contribution >= 4 is 9.84 Å². The number of aliphatic hydroxyl groups excluding tert-OH is 1. The molecule has 18 heavy (non-hydrogen) atoms. The van der Waals surface area contributed by atoms with Gasteiger partial charge in [0.05, 0.1) is 29.3 Å². The van der Waals surface area contributed by atoms with E-state index in [0.717, 1.165) is 6.54 Å². The quantitative estimate of drug-likeness (QED) is 0.801. The van der Waals surface area contributed by atoms with Gasteiger partial charge in [-0.05, 0) is 27.7 Å². The number of nitrogens with zero attached hydrogens (tertiary/aromatic N) is 1. The molecule has 5 nitrogen and oxygen atoms in total. The van der Waals surface area contributed by atoms with Crippen LogP contribution in [0.5, 0.6) is 0 Å². The monoisotopic (exact) mass is 279 g/mol. The van der Waals surface area contributed by atoms with E-state index < -0.39 is 14.6 Å². The summed E-state index contributed by atoms with van der Waals surface area (Å²) in [5, 5.41) is 9.11. The zero-order valence-electron chi connectivity index (χ0n) is 11.7. The molecule has 1 fully saturated rings. The van der Waals surface area contributed by atoms with E-state index in [4.69, 9.17) is 9.84 Å². The molecule has 0 aromatic heterocycles. The van der Waals surface area contributed by atoms with Crippen LogP contribution in [0.2, 0.25) is 0 Å². The van der Waals surface area contributed by atoms with Crippen molar-refractivity contribution in [2.75, 3.05) is 32.0 Å². The highest BCUT2D eigenvalue weighted by Gasteiger charge is 2.31. The molecule has 2 atom stereocenters. The molecule has 6 heteroatoms. The minimum absolute atomic E-state index is 0.0210. The van der Waals surface area contributed by atoms with Gasteiger partial charge in [0.25, 0.3) is 0 Å². The van der Waals surface area contributed by atoms with Crippen LogP contribution in [0, 0.1) is 0 Å². The van der Waals surface area contributed by atoms with E-state index in [1.807, 2.05) is 6.92 Å². The highest BCUT2D eigenvalue weighted by Crippen LogP contribution is 2.17. The maximum Gasteiger partial charge on any atom is 0.156 e. The number of sulfone groups is 1. The van der Waals surface area contributed by atoms with Crippen LogP contribution >= 0.6 is 0 Å². The van der Waals surface area contributed by atoms with Crippen LogP contribution in [-0.4, -0.2) is 67.4 Å². The van der Waals surface area contributed by atoms with Crippen molar-refractivity contribution in [3.8, 4) is 0 Å². The van der Waals surface area contributed by atoms with Crippen molar-refractivity contribution in [2.24, 2.45) is 0 Å². The van der Waals surface area contributed by atoms with Crippen LogP contribution in [-0.2, 0) is 14.6 Å². The zero-order chi connectivity index (χ0) is 14.0. The maximum absolute atomic E-state index is 12.0. The molecule has 1 aliphatic rings. The Morgan fingerprint density at radius 1 is 1.33 bits per heavy atom. The molecule has 1 aliphatic heterocycles. The van der Waals surface area contributed by atoms with E-state index in [0.29, 0.717) is 13.1 Å². The Hall–Kier alpha value is -0.170. The van der Waals surface area contributed by atoms with Gasteiger partial charge in [0.15, 0.2) is 9.84 Å². The molecule has 2 unspecified atom stereocenters. The number of hydrogen-bond donors (Lipinski definition) is 1. The number of aliphatic hydroxyl groups is 1. The third-order valence-corrected chi connectivity index (χ3v) is 5.80. The Labute approximate surface area is 110 Å². The minimum atomic E-state index is -3.08. The zero-order valence-corrected chi connectivity index (χ0v) is 12.5. The van der Waals surface area contributed by atoms with Gasteiger partial charge < -0.3 is 9.84 Å². The van der Waals surface area contributed by atoms with Crippen LogP contribution in [0.3, 0.4) is 0 Å². The summed E-state index contributed by atoms with van der Waals surface area (Å²) in [6.45, 7) is 8.91. The van der Waals surface area contributed by atoms with Gasteiger partial charge in [0.1, 0.15) is 0 Å². The molecule has 0 aliphatic carbocycles. The van der Waals surface area contributed by atoms with Gasteiger partial charge in [-0.2, -0.15) is 0 Å². The summed E-state index contributed by atoms with van der Waals surface area (Å²) < 4.78 is 28.9. The molecular formula is C12H25NO4S. The van der Waals surface area contributed by atoms with Crippen molar-refractivity contribution in [1.29, 1.82) is 0 Å². The second-order valence-corrected chi connectivity index (χ2v) is 8.80. The van der Waals surface area contributed by atoms with Gasteiger partial charge in [-0.15, -0.1) is 0 Å². The van der Waals surface area contributed by atoms with Crippen molar-refractivity contribution in [3.05, 3.63) is 0 Å². The van der Waals surface area contributed by atoms with Crippen molar-refractivity contribution in [2.45, 2.75) is 44.6 Å². The topological polar surface area (TPSA) is 66.8 Å². The fourth-order valence-electron chi connectivity index (χ4n) is 1.98. The molecule has 1 N–H and O–H groups in total. The van der Waals surface area contributed by atoms with Gasteiger partial charge in [0.2, 0.25) is 0 Å². The van der Waals surface area contributed by atoms with Crippen LogP contribution in [0.15, 0.2) is 0 Å². The summed E-state index contributed by atoms with van der Waals surface area (Å²) in [6, 6.07) is 0. The number of morpholine rings is 1. The van der Waals surface area contributed by atoms with E-state index in [1.54, 1.807) is 20.8 Å². The first-order valence-electron chi connectivity index (χ1n) is 6.36. The summed E-state index contributed by atoms with van der Waals surface area (Å²) in [7, 11) is -3.08. The molecule has 1 saturated heterocycles. The maximum atomic E-state index is 12.0. The molecule has 0 saturated carbocycles. The second-order valence-electron chi connectivity index (χ2n) is 5.94. The first kappa shape index (κ1) is 15.9. The van der Waals surface area contributed by atoms with Gasteiger partial charge in [0, 0.05) is 19.6 Å². The standard InChI is InChI=1S/C12H25NO4S/c1-10-7-13(8-11(9-14)17-10)5-6-18(15,16)12(2,3)4/h10-11,14H,5-9H2,1-4H3. The Balaban J connectivity index is 2.53. The third-order valence-electron chi connectivity index (χ3n) is 3.21. The van der Waals surface area contributed by atoms with Gasteiger partial charge >= 0.3 is 0 Å². The Morgan fingerprint density at radius 3 is 2.44 bits per heavy atom. The molecule has 0 radical (unpaired) electrons. The summed E-state index contributed by atoms with van der Waals surface area (Å²) in [6.07, 6.45) is -0.167. The second kappa shape index (κ2) is 5.86. The first-order valence-corrected chi connectivity index (χ1v) is 8.02. The Kier molecular flexibility index (Phi) is 5.17. The summed E-state index contributed by atoms with van der Waals surface area (Å²) >= 11 is 0. The van der Waals surface area contributed by atoms with Crippen LogP contribution < -0.4 is 0 Å². The van der Waals surface area contributed by atoms with E-state index >= 15 is 0 Å².